The molecule has 1 aromatic heterocycles. The maximum atomic E-state index is 12.5. The molecule has 0 saturated heterocycles. The highest BCUT2D eigenvalue weighted by Crippen LogP contribution is 2.30. The van der Waals surface area contributed by atoms with Crippen LogP contribution in [0.1, 0.15) is 37.5 Å². The zero-order chi connectivity index (χ0) is 13.2. The van der Waals surface area contributed by atoms with Gasteiger partial charge in [0.2, 0.25) is 5.91 Å². The molecule has 1 aromatic rings. The van der Waals surface area contributed by atoms with E-state index in [0.29, 0.717) is 13.1 Å². The second-order valence-corrected chi connectivity index (χ2v) is 6.69. The number of likely N-dealkylation sites (N-methyl/N-ethyl adjacent to an activating group) is 1. The van der Waals surface area contributed by atoms with Gasteiger partial charge < -0.3 is 10.6 Å². The molecule has 108 valence electrons. The maximum absolute atomic E-state index is 12.5. The Morgan fingerprint density at radius 1 is 1.47 bits per heavy atom. The molecule has 2 N–H and O–H groups in total. The van der Waals surface area contributed by atoms with Gasteiger partial charge in [0.1, 0.15) is 0 Å². The number of thiophene rings is 1. The number of halogens is 2. The van der Waals surface area contributed by atoms with E-state index >= 15 is 0 Å². The average Bonchev–Trinajstić information content (AvgIpc) is 2.95. The van der Waals surface area contributed by atoms with Gasteiger partial charge in [-0.3, -0.25) is 4.79 Å². The summed E-state index contributed by atoms with van der Waals surface area (Å²) in [6.45, 7) is 3.30. The number of nitrogens with zero attached hydrogens (tertiary/aromatic N) is 1. The monoisotopic (exact) mass is 322 g/mol. The number of nitrogens with two attached hydrogens (primary N) is 1. The van der Waals surface area contributed by atoms with Crippen molar-refractivity contribution < 1.29 is 4.79 Å². The Labute approximate surface area is 129 Å². The largest absolute Gasteiger partial charge is 0.336 e. The lowest BCUT2D eigenvalue weighted by molar-refractivity contribution is -0.137. The smallest absolute Gasteiger partial charge is 0.242 e. The first kappa shape index (κ1) is 16.8. The Bertz CT molecular complexity index is 430. The summed E-state index contributed by atoms with van der Waals surface area (Å²) in [4.78, 5) is 15.4. The number of hydrogen-bond donors (Lipinski definition) is 1. The predicted molar refractivity (Wildman–Crippen MR) is 83.1 cm³/mol. The van der Waals surface area contributed by atoms with E-state index in [-0.39, 0.29) is 18.3 Å². The zero-order valence-electron chi connectivity index (χ0n) is 11.0. The highest BCUT2D eigenvalue weighted by Gasteiger charge is 2.39. The summed E-state index contributed by atoms with van der Waals surface area (Å²) in [6, 6.07) is 3.84. The standard InChI is InChI=1S/C13H19ClN2OS.ClH/c1-2-16(9-10-5-6-11(14)18-10)12(17)13(15)7-3-4-8-13;/h5-6H,2-4,7-9,15H2,1H3;1H. The van der Waals surface area contributed by atoms with Gasteiger partial charge >= 0.3 is 0 Å². The highest BCUT2D eigenvalue weighted by atomic mass is 35.5. The molecule has 0 atom stereocenters. The normalized spacial score (nSPS) is 17.0. The fraction of sp³-hybridized carbons (Fsp3) is 0.615. The molecule has 0 radical (unpaired) electrons. The van der Waals surface area contributed by atoms with Gasteiger partial charge in [-0.25, -0.2) is 0 Å². The van der Waals surface area contributed by atoms with Gasteiger partial charge in [0.25, 0.3) is 0 Å². The summed E-state index contributed by atoms with van der Waals surface area (Å²) >= 11 is 7.43. The SMILES string of the molecule is CCN(Cc1ccc(Cl)s1)C(=O)C1(N)CCCC1.Cl. The molecule has 1 fully saturated rings. The number of carbonyl (C=O) groups is 1. The third-order valence-electron chi connectivity index (χ3n) is 3.57. The molecule has 0 aliphatic heterocycles. The molecule has 0 unspecified atom stereocenters. The van der Waals surface area contributed by atoms with E-state index in [4.69, 9.17) is 17.3 Å². The molecule has 1 aliphatic carbocycles. The number of hydrogen-bond acceptors (Lipinski definition) is 3. The van der Waals surface area contributed by atoms with Crippen molar-refractivity contribution in [2.24, 2.45) is 5.73 Å². The minimum absolute atomic E-state index is 0. The molecule has 1 aliphatic rings. The van der Waals surface area contributed by atoms with Crippen molar-refractivity contribution in [1.82, 2.24) is 4.90 Å². The van der Waals surface area contributed by atoms with Crippen LogP contribution in [0.5, 0.6) is 0 Å². The van der Waals surface area contributed by atoms with Crippen LogP contribution in [0.2, 0.25) is 4.34 Å². The van der Waals surface area contributed by atoms with Crippen molar-refractivity contribution in [3.05, 3.63) is 21.3 Å². The summed E-state index contributed by atoms with van der Waals surface area (Å²) in [5.41, 5.74) is 5.60. The van der Waals surface area contributed by atoms with Crippen LogP contribution >= 0.6 is 35.3 Å². The lowest BCUT2D eigenvalue weighted by atomic mass is 9.97. The van der Waals surface area contributed by atoms with Crippen molar-refractivity contribution in [2.45, 2.75) is 44.7 Å². The molecular weight excluding hydrogens is 303 g/mol. The van der Waals surface area contributed by atoms with E-state index in [9.17, 15) is 4.79 Å². The quantitative estimate of drug-likeness (QED) is 0.922. The Morgan fingerprint density at radius 2 is 2.11 bits per heavy atom. The maximum Gasteiger partial charge on any atom is 0.242 e. The minimum Gasteiger partial charge on any atom is -0.336 e. The first-order valence-corrected chi connectivity index (χ1v) is 7.57. The molecule has 0 bridgehead atoms. The zero-order valence-corrected chi connectivity index (χ0v) is 13.4. The van der Waals surface area contributed by atoms with E-state index in [0.717, 1.165) is 34.9 Å². The van der Waals surface area contributed by atoms with Crippen molar-refractivity contribution in [3.63, 3.8) is 0 Å². The van der Waals surface area contributed by atoms with Gasteiger partial charge in [-0.1, -0.05) is 24.4 Å². The first-order chi connectivity index (χ1) is 8.55. The lowest BCUT2D eigenvalue weighted by Crippen LogP contribution is -2.53. The van der Waals surface area contributed by atoms with Crippen LogP contribution in [0.25, 0.3) is 0 Å². The van der Waals surface area contributed by atoms with Crippen molar-refractivity contribution >= 4 is 41.3 Å². The Morgan fingerprint density at radius 3 is 2.58 bits per heavy atom. The molecule has 0 aromatic carbocycles. The van der Waals surface area contributed by atoms with Crippen LogP contribution < -0.4 is 5.73 Å². The fourth-order valence-electron chi connectivity index (χ4n) is 2.49. The lowest BCUT2D eigenvalue weighted by Gasteiger charge is -2.30. The molecule has 6 heteroatoms. The van der Waals surface area contributed by atoms with Crippen LogP contribution in [-0.4, -0.2) is 22.9 Å². The number of carbonyl (C=O) groups excluding carboxylic acids is 1. The van der Waals surface area contributed by atoms with Crippen LogP contribution in [0.15, 0.2) is 12.1 Å². The molecule has 19 heavy (non-hydrogen) atoms. The van der Waals surface area contributed by atoms with Crippen LogP contribution in [0, 0.1) is 0 Å². The Balaban J connectivity index is 0.00000180. The van der Waals surface area contributed by atoms with Gasteiger partial charge in [-0.2, -0.15) is 0 Å². The van der Waals surface area contributed by atoms with E-state index < -0.39 is 5.54 Å². The van der Waals surface area contributed by atoms with E-state index in [1.165, 1.54) is 11.3 Å². The third-order valence-corrected chi connectivity index (χ3v) is 4.78. The average molecular weight is 323 g/mol. The highest BCUT2D eigenvalue weighted by molar-refractivity contribution is 7.16. The summed E-state index contributed by atoms with van der Waals surface area (Å²) in [5.74, 6) is 0.0898. The van der Waals surface area contributed by atoms with Gasteiger partial charge in [0.15, 0.2) is 0 Å². The molecular formula is C13H20Cl2N2OS. The van der Waals surface area contributed by atoms with Crippen LogP contribution in [0.3, 0.4) is 0 Å². The van der Waals surface area contributed by atoms with Crippen molar-refractivity contribution in [1.29, 1.82) is 0 Å². The molecule has 3 nitrogen and oxygen atoms in total. The topological polar surface area (TPSA) is 46.3 Å². The minimum atomic E-state index is -0.628. The van der Waals surface area contributed by atoms with Gasteiger partial charge in [-0.05, 0) is 31.9 Å². The molecule has 1 saturated carbocycles. The third kappa shape index (κ3) is 3.85. The van der Waals surface area contributed by atoms with Gasteiger partial charge in [0.05, 0.1) is 16.4 Å². The van der Waals surface area contributed by atoms with Gasteiger partial charge in [0, 0.05) is 11.4 Å². The second kappa shape index (κ2) is 6.93. The predicted octanol–water partition coefficient (Wildman–Crippen LogP) is 3.44. The summed E-state index contributed by atoms with van der Waals surface area (Å²) in [6.07, 6.45) is 3.75. The molecule has 1 amide bonds. The Hall–Kier alpha value is -0.290. The molecule has 1 heterocycles. The van der Waals surface area contributed by atoms with Crippen LogP contribution in [0.4, 0.5) is 0 Å². The molecule has 0 spiro atoms. The number of rotatable bonds is 4. The first-order valence-electron chi connectivity index (χ1n) is 6.37. The van der Waals surface area contributed by atoms with Crippen molar-refractivity contribution in [2.75, 3.05) is 6.54 Å². The van der Waals surface area contributed by atoms with E-state index in [2.05, 4.69) is 0 Å². The number of amides is 1. The van der Waals surface area contributed by atoms with E-state index in [1.54, 1.807) is 0 Å². The second-order valence-electron chi connectivity index (χ2n) is 4.89. The summed E-state index contributed by atoms with van der Waals surface area (Å²) in [7, 11) is 0. The van der Waals surface area contributed by atoms with E-state index in [1.807, 2.05) is 24.0 Å². The van der Waals surface area contributed by atoms with Gasteiger partial charge in [-0.15, -0.1) is 23.7 Å². The summed E-state index contributed by atoms with van der Waals surface area (Å²) in [5, 5.41) is 0. The molecule has 2 rings (SSSR count). The Kier molecular flexibility index (Phi) is 6.12. The summed E-state index contributed by atoms with van der Waals surface area (Å²) < 4.78 is 0.761. The van der Waals surface area contributed by atoms with Crippen LogP contribution in [-0.2, 0) is 11.3 Å². The van der Waals surface area contributed by atoms with Crippen molar-refractivity contribution in [3.8, 4) is 0 Å². The fourth-order valence-corrected chi connectivity index (χ4v) is 3.59.